The van der Waals surface area contributed by atoms with Crippen LogP contribution in [0.25, 0.3) is 0 Å². The summed E-state index contributed by atoms with van der Waals surface area (Å²) in [5.74, 6) is 1.88. The lowest BCUT2D eigenvalue weighted by molar-refractivity contribution is -0.142. The molecule has 146 valence electrons. The van der Waals surface area contributed by atoms with Gasteiger partial charge in [0.15, 0.2) is 0 Å². The SMILES string of the molecule is COc1cccc(Cc2nsc(N3CCN(C(=O)C(C)(C)C)[C@H](C)C3)n2)c1. The molecule has 1 aromatic carbocycles. The summed E-state index contributed by atoms with van der Waals surface area (Å²) in [6.07, 6.45) is 0.686. The number of methoxy groups -OCH3 is 1. The Hall–Kier alpha value is -2.15. The van der Waals surface area contributed by atoms with Crippen LogP contribution in [0, 0.1) is 5.41 Å². The number of rotatable bonds is 4. The van der Waals surface area contributed by atoms with E-state index in [1.165, 1.54) is 11.5 Å². The molecule has 1 atom stereocenters. The third-order valence-electron chi connectivity index (χ3n) is 4.75. The van der Waals surface area contributed by atoms with Crippen molar-refractivity contribution in [2.24, 2.45) is 5.41 Å². The molecule has 0 radical (unpaired) electrons. The Morgan fingerprint density at radius 2 is 2.11 bits per heavy atom. The molecule has 7 heteroatoms. The van der Waals surface area contributed by atoms with Crippen molar-refractivity contribution in [2.75, 3.05) is 31.6 Å². The first-order valence-electron chi connectivity index (χ1n) is 9.29. The molecule has 2 heterocycles. The molecule has 2 aromatic rings. The standard InChI is InChI=1S/C20H28N4O2S/c1-14-13-23(9-10-24(14)18(25)20(2,3)4)19-21-17(22-27-19)12-15-7-6-8-16(11-15)26-5/h6-8,11,14H,9-10,12-13H2,1-5H3/t14-/m1/s1. The van der Waals surface area contributed by atoms with Crippen LogP contribution in [-0.2, 0) is 11.2 Å². The van der Waals surface area contributed by atoms with Gasteiger partial charge in [0.05, 0.1) is 7.11 Å². The van der Waals surface area contributed by atoms with Gasteiger partial charge in [-0.3, -0.25) is 4.79 Å². The fourth-order valence-electron chi connectivity index (χ4n) is 3.27. The Bertz CT molecular complexity index is 799. The van der Waals surface area contributed by atoms with Gasteiger partial charge in [-0.15, -0.1) is 0 Å². The summed E-state index contributed by atoms with van der Waals surface area (Å²) in [7, 11) is 1.67. The van der Waals surface area contributed by atoms with E-state index in [9.17, 15) is 4.79 Å². The predicted octanol–water partition coefficient (Wildman–Crippen LogP) is 3.22. The monoisotopic (exact) mass is 388 g/mol. The molecule has 1 aliphatic rings. The quantitative estimate of drug-likeness (QED) is 0.805. The number of nitrogens with zero attached hydrogens (tertiary/aromatic N) is 4. The van der Waals surface area contributed by atoms with E-state index >= 15 is 0 Å². The minimum absolute atomic E-state index is 0.163. The summed E-state index contributed by atoms with van der Waals surface area (Å²) in [5.41, 5.74) is 0.788. The molecule has 0 spiro atoms. The summed E-state index contributed by atoms with van der Waals surface area (Å²) < 4.78 is 9.81. The number of ether oxygens (including phenoxy) is 1. The molecule has 0 aliphatic carbocycles. The first-order valence-corrected chi connectivity index (χ1v) is 10.1. The number of benzene rings is 1. The van der Waals surface area contributed by atoms with Crippen molar-refractivity contribution in [2.45, 2.75) is 40.2 Å². The predicted molar refractivity (Wildman–Crippen MR) is 109 cm³/mol. The topological polar surface area (TPSA) is 58.6 Å². The van der Waals surface area contributed by atoms with Crippen LogP contribution in [0.3, 0.4) is 0 Å². The van der Waals surface area contributed by atoms with E-state index < -0.39 is 0 Å². The van der Waals surface area contributed by atoms with Gasteiger partial charge in [0, 0.05) is 49.0 Å². The van der Waals surface area contributed by atoms with E-state index in [4.69, 9.17) is 9.72 Å². The van der Waals surface area contributed by atoms with Crippen LogP contribution in [0.5, 0.6) is 5.75 Å². The van der Waals surface area contributed by atoms with Crippen LogP contribution in [0.4, 0.5) is 5.13 Å². The largest absolute Gasteiger partial charge is 0.497 e. The highest BCUT2D eigenvalue weighted by molar-refractivity contribution is 7.09. The maximum absolute atomic E-state index is 12.6. The number of hydrogen-bond acceptors (Lipinski definition) is 6. The van der Waals surface area contributed by atoms with Crippen LogP contribution in [0.15, 0.2) is 24.3 Å². The van der Waals surface area contributed by atoms with Crippen molar-refractivity contribution in [3.05, 3.63) is 35.7 Å². The molecule has 1 aliphatic heterocycles. The molecule has 1 fully saturated rings. The number of amides is 1. The Morgan fingerprint density at radius 1 is 1.33 bits per heavy atom. The summed E-state index contributed by atoms with van der Waals surface area (Å²) in [5, 5.41) is 0.933. The van der Waals surface area contributed by atoms with E-state index in [-0.39, 0.29) is 17.4 Å². The van der Waals surface area contributed by atoms with Crippen LogP contribution in [-0.4, -0.2) is 53.0 Å². The summed E-state index contributed by atoms with van der Waals surface area (Å²) in [6.45, 7) is 10.3. The average Bonchev–Trinajstić information content (AvgIpc) is 3.09. The number of anilines is 1. The van der Waals surface area contributed by atoms with Crippen molar-refractivity contribution in [3.8, 4) is 5.75 Å². The zero-order chi connectivity index (χ0) is 19.6. The molecule has 0 unspecified atom stereocenters. The van der Waals surface area contributed by atoms with Crippen LogP contribution >= 0.6 is 11.5 Å². The van der Waals surface area contributed by atoms with Gasteiger partial charge < -0.3 is 14.5 Å². The second-order valence-corrected chi connectivity index (χ2v) is 8.80. The molecule has 0 N–H and O–H groups in total. The van der Waals surface area contributed by atoms with Gasteiger partial charge in [-0.05, 0) is 24.6 Å². The lowest BCUT2D eigenvalue weighted by Crippen LogP contribution is -2.56. The van der Waals surface area contributed by atoms with E-state index in [2.05, 4.69) is 22.3 Å². The van der Waals surface area contributed by atoms with E-state index in [1.54, 1.807) is 7.11 Å². The van der Waals surface area contributed by atoms with Crippen LogP contribution in [0.1, 0.15) is 39.1 Å². The summed E-state index contributed by atoms with van der Waals surface area (Å²) in [6, 6.07) is 8.15. The average molecular weight is 389 g/mol. The molecule has 0 saturated carbocycles. The third-order valence-corrected chi connectivity index (χ3v) is 5.57. The molecule has 1 saturated heterocycles. The van der Waals surface area contributed by atoms with Gasteiger partial charge >= 0.3 is 0 Å². The number of carbonyl (C=O) groups excluding carboxylic acids is 1. The zero-order valence-corrected chi connectivity index (χ0v) is 17.5. The van der Waals surface area contributed by atoms with Crippen molar-refractivity contribution < 1.29 is 9.53 Å². The van der Waals surface area contributed by atoms with Crippen molar-refractivity contribution in [1.29, 1.82) is 0 Å². The lowest BCUT2D eigenvalue weighted by atomic mass is 9.93. The molecule has 6 nitrogen and oxygen atoms in total. The van der Waals surface area contributed by atoms with Crippen molar-refractivity contribution in [1.82, 2.24) is 14.3 Å². The van der Waals surface area contributed by atoms with Gasteiger partial charge in [0.25, 0.3) is 0 Å². The van der Waals surface area contributed by atoms with Gasteiger partial charge in [0.2, 0.25) is 11.0 Å². The van der Waals surface area contributed by atoms with E-state index in [0.29, 0.717) is 6.42 Å². The number of hydrogen-bond donors (Lipinski definition) is 0. The first-order chi connectivity index (χ1) is 12.8. The number of piperazine rings is 1. The second kappa shape index (κ2) is 7.84. The summed E-state index contributed by atoms with van der Waals surface area (Å²) in [4.78, 5) is 21.6. The van der Waals surface area contributed by atoms with Crippen molar-refractivity contribution >= 4 is 22.6 Å². The van der Waals surface area contributed by atoms with Gasteiger partial charge in [0.1, 0.15) is 11.6 Å². The van der Waals surface area contributed by atoms with Gasteiger partial charge in [-0.25, -0.2) is 4.98 Å². The van der Waals surface area contributed by atoms with E-state index in [1.807, 2.05) is 43.9 Å². The maximum atomic E-state index is 12.6. The Labute approximate surface area is 165 Å². The maximum Gasteiger partial charge on any atom is 0.228 e. The molecule has 27 heavy (non-hydrogen) atoms. The Morgan fingerprint density at radius 3 is 2.78 bits per heavy atom. The first kappa shape index (κ1) is 19.6. The Balaban J connectivity index is 1.64. The molecule has 0 bridgehead atoms. The number of aromatic nitrogens is 2. The smallest absolute Gasteiger partial charge is 0.228 e. The van der Waals surface area contributed by atoms with Crippen LogP contribution < -0.4 is 9.64 Å². The van der Waals surface area contributed by atoms with Gasteiger partial charge in [-0.2, -0.15) is 4.37 Å². The highest BCUT2D eigenvalue weighted by Crippen LogP contribution is 2.26. The molecular weight excluding hydrogens is 360 g/mol. The second-order valence-electron chi connectivity index (χ2n) is 8.07. The minimum Gasteiger partial charge on any atom is -0.497 e. The normalized spacial score (nSPS) is 17.9. The lowest BCUT2D eigenvalue weighted by Gasteiger charge is -2.42. The minimum atomic E-state index is -0.344. The van der Waals surface area contributed by atoms with E-state index in [0.717, 1.165) is 41.9 Å². The van der Waals surface area contributed by atoms with Crippen molar-refractivity contribution in [3.63, 3.8) is 0 Å². The number of carbonyl (C=O) groups is 1. The zero-order valence-electron chi connectivity index (χ0n) is 16.7. The fourth-order valence-corrected chi connectivity index (χ4v) is 3.99. The van der Waals surface area contributed by atoms with Gasteiger partial charge in [-0.1, -0.05) is 32.9 Å². The highest BCUT2D eigenvalue weighted by Gasteiger charge is 2.34. The molecular formula is C20H28N4O2S. The fraction of sp³-hybridized carbons (Fsp3) is 0.550. The highest BCUT2D eigenvalue weighted by atomic mass is 32.1. The molecule has 1 aromatic heterocycles. The summed E-state index contributed by atoms with van der Waals surface area (Å²) >= 11 is 1.43. The molecule has 3 rings (SSSR count). The Kier molecular flexibility index (Phi) is 5.69. The third kappa shape index (κ3) is 4.58. The van der Waals surface area contributed by atoms with Crippen LogP contribution in [0.2, 0.25) is 0 Å². The molecule has 1 amide bonds.